The van der Waals surface area contributed by atoms with Gasteiger partial charge in [0.25, 0.3) is 5.91 Å². The van der Waals surface area contributed by atoms with Gasteiger partial charge in [0.05, 0.1) is 17.8 Å². The molecule has 1 unspecified atom stereocenters. The van der Waals surface area contributed by atoms with Gasteiger partial charge in [-0.3, -0.25) is 4.79 Å². The quantitative estimate of drug-likeness (QED) is 0.872. The summed E-state index contributed by atoms with van der Waals surface area (Å²) < 4.78 is 13.1. The van der Waals surface area contributed by atoms with E-state index in [0.717, 1.165) is 37.9 Å². The number of nitriles is 1. The normalized spacial score (nSPS) is 17.2. The lowest BCUT2D eigenvalue weighted by Gasteiger charge is -2.26. The second kappa shape index (κ2) is 6.67. The van der Waals surface area contributed by atoms with E-state index in [9.17, 15) is 14.4 Å². The third kappa shape index (κ3) is 3.45. The number of carbonyl (C=O) groups excluding carboxylic acids is 1. The molecule has 6 heteroatoms. The fourth-order valence-electron chi connectivity index (χ4n) is 2.52. The molecule has 1 aliphatic carbocycles. The van der Waals surface area contributed by atoms with Crippen LogP contribution in [-0.2, 0) is 0 Å². The van der Waals surface area contributed by atoms with Crippen molar-refractivity contribution in [2.45, 2.75) is 38.1 Å². The van der Waals surface area contributed by atoms with E-state index in [1.165, 1.54) is 6.42 Å². The van der Waals surface area contributed by atoms with E-state index in [-0.39, 0.29) is 16.6 Å². The van der Waals surface area contributed by atoms with Crippen molar-refractivity contribution in [1.29, 1.82) is 5.26 Å². The Balaban J connectivity index is 2.09. The lowest BCUT2D eigenvalue weighted by molar-refractivity contribution is 0.0928. The minimum absolute atomic E-state index is 0.0391. The number of amides is 1. The number of hydrogen-bond donors (Lipinski definition) is 1. The van der Waals surface area contributed by atoms with Gasteiger partial charge in [-0.1, -0.05) is 30.9 Å². The molecule has 1 heterocycles. The average molecular weight is 296 g/mol. The van der Waals surface area contributed by atoms with Crippen molar-refractivity contribution >= 4 is 17.5 Å². The van der Waals surface area contributed by atoms with Crippen LogP contribution in [0.5, 0.6) is 0 Å². The smallest absolute Gasteiger partial charge is 0.255 e. The Hall–Kier alpha value is -1.67. The van der Waals surface area contributed by atoms with E-state index in [1.54, 1.807) is 0 Å². The molecule has 0 spiro atoms. The second-order valence-electron chi connectivity index (χ2n) is 4.97. The van der Waals surface area contributed by atoms with Gasteiger partial charge >= 0.3 is 0 Å². The average Bonchev–Trinajstić information content (AvgIpc) is 2.48. The lowest BCUT2D eigenvalue weighted by atomic mass is 9.84. The summed E-state index contributed by atoms with van der Waals surface area (Å²) in [6, 6.07) is 2.58. The van der Waals surface area contributed by atoms with E-state index >= 15 is 0 Å². The van der Waals surface area contributed by atoms with E-state index in [4.69, 9.17) is 11.6 Å². The van der Waals surface area contributed by atoms with Gasteiger partial charge in [0.15, 0.2) is 0 Å². The molecule has 1 amide bonds. The van der Waals surface area contributed by atoms with Gasteiger partial charge in [0.2, 0.25) is 0 Å². The Labute approximate surface area is 122 Å². The first-order valence-corrected chi connectivity index (χ1v) is 7.01. The Kier molecular flexibility index (Phi) is 4.91. The number of nitrogens with one attached hydrogen (secondary N) is 1. The van der Waals surface area contributed by atoms with Crippen LogP contribution in [-0.4, -0.2) is 16.9 Å². The molecule has 1 aromatic rings. The number of nitrogens with zero attached hydrogens (tertiary/aromatic N) is 2. The third-order valence-electron chi connectivity index (χ3n) is 3.60. The fourth-order valence-corrected chi connectivity index (χ4v) is 2.71. The molecule has 106 valence electrons. The first-order chi connectivity index (χ1) is 9.61. The number of pyridine rings is 1. The summed E-state index contributed by atoms with van der Waals surface area (Å²) in [5.74, 6) is -1.04. The molecular weight excluding hydrogens is 281 g/mol. The highest BCUT2D eigenvalue weighted by molar-refractivity contribution is 6.32. The van der Waals surface area contributed by atoms with E-state index < -0.39 is 17.8 Å². The topological polar surface area (TPSA) is 65.8 Å². The number of carbonyl (C=O) groups is 1. The molecule has 0 radical (unpaired) electrons. The zero-order valence-corrected chi connectivity index (χ0v) is 11.7. The zero-order chi connectivity index (χ0) is 14.5. The minimum Gasteiger partial charge on any atom is -0.336 e. The highest BCUT2D eigenvalue weighted by Crippen LogP contribution is 2.26. The number of hydrogen-bond acceptors (Lipinski definition) is 3. The summed E-state index contributed by atoms with van der Waals surface area (Å²) in [4.78, 5) is 15.7. The summed E-state index contributed by atoms with van der Waals surface area (Å²) >= 11 is 5.78. The highest BCUT2D eigenvalue weighted by atomic mass is 35.5. The van der Waals surface area contributed by atoms with Crippen LogP contribution in [0.25, 0.3) is 0 Å². The van der Waals surface area contributed by atoms with E-state index in [2.05, 4.69) is 16.4 Å². The molecule has 1 saturated carbocycles. The van der Waals surface area contributed by atoms with Crippen molar-refractivity contribution in [1.82, 2.24) is 10.3 Å². The molecule has 1 N–H and O–H groups in total. The van der Waals surface area contributed by atoms with Crippen LogP contribution >= 0.6 is 11.6 Å². The SMILES string of the molecule is N#CC(NC(=O)c1cc(F)cnc1Cl)C1CCCCC1. The predicted molar refractivity (Wildman–Crippen MR) is 72.6 cm³/mol. The number of aromatic nitrogens is 1. The van der Waals surface area contributed by atoms with Gasteiger partial charge in [0, 0.05) is 0 Å². The third-order valence-corrected chi connectivity index (χ3v) is 3.90. The molecule has 0 bridgehead atoms. The van der Waals surface area contributed by atoms with Crippen molar-refractivity contribution in [3.63, 3.8) is 0 Å². The molecule has 1 fully saturated rings. The Morgan fingerprint density at radius 2 is 2.20 bits per heavy atom. The predicted octanol–water partition coefficient (Wildman–Crippen LogP) is 3.08. The summed E-state index contributed by atoms with van der Waals surface area (Å²) in [5.41, 5.74) is -0.0391. The van der Waals surface area contributed by atoms with Crippen molar-refractivity contribution in [3.8, 4) is 6.07 Å². The second-order valence-corrected chi connectivity index (χ2v) is 5.33. The van der Waals surface area contributed by atoms with Crippen LogP contribution in [0, 0.1) is 23.1 Å². The Morgan fingerprint density at radius 1 is 1.50 bits per heavy atom. The first-order valence-electron chi connectivity index (χ1n) is 6.63. The fraction of sp³-hybridized carbons (Fsp3) is 0.500. The van der Waals surface area contributed by atoms with Gasteiger partial charge in [-0.2, -0.15) is 5.26 Å². The molecule has 1 atom stereocenters. The highest BCUT2D eigenvalue weighted by Gasteiger charge is 2.26. The maximum atomic E-state index is 13.1. The van der Waals surface area contributed by atoms with Crippen LogP contribution in [0.3, 0.4) is 0 Å². The summed E-state index contributed by atoms with van der Waals surface area (Å²) in [5, 5.41) is 11.8. The molecule has 2 rings (SSSR count). The molecule has 1 aromatic heterocycles. The summed E-state index contributed by atoms with van der Waals surface area (Å²) in [6.45, 7) is 0. The molecule has 1 aliphatic rings. The van der Waals surface area contributed by atoms with Crippen molar-refractivity contribution in [2.24, 2.45) is 5.92 Å². The monoisotopic (exact) mass is 295 g/mol. The van der Waals surface area contributed by atoms with E-state index in [1.807, 2.05) is 0 Å². The number of halogens is 2. The molecule has 0 saturated heterocycles. The van der Waals surface area contributed by atoms with Crippen LogP contribution < -0.4 is 5.32 Å². The molecule has 20 heavy (non-hydrogen) atoms. The van der Waals surface area contributed by atoms with Gasteiger partial charge in [-0.15, -0.1) is 0 Å². The lowest BCUT2D eigenvalue weighted by Crippen LogP contribution is -2.40. The van der Waals surface area contributed by atoms with Crippen LogP contribution in [0.4, 0.5) is 4.39 Å². The van der Waals surface area contributed by atoms with Gasteiger partial charge < -0.3 is 5.32 Å². The first kappa shape index (κ1) is 14.7. The standard InChI is InChI=1S/C14H15ClFN3O/c15-13-11(6-10(16)8-18-13)14(20)19-12(7-17)9-4-2-1-3-5-9/h6,8-9,12H,1-5H2,(H,19,20). The van der Waals surface area contributed by atoms with Gasteiger partial charge in [0.1, 0.15) is 17.0 Å². The maximum Gasteiger partial charge on any atom is 0.255 e. The molecule has 4 nitrogen and oxygen atoms in total. The van der Waals surface area contributed by atoms with Gasteiger partial charge in [-0.05, 0) is 24.8 Å². The van der Waals surface area contributed by atoms with Crippen LogP contribution in [0.15, 0.2) is 12.3 Å². The largest absolute Gasteiger partial charge is 0.336 e. The zero-order valence-electron chi connectivity index (χ0n) is 10.9. The Morgan fingerprint density at radius 3 is 2.85 bits per heavy atom. The van der Waals surface area contributed by atoms with Crippen molar-refractivity contribution in [2.75, 3.05) is 0 Å². The van der Waals surface area contributed by atoms with Crippen molar-refractivity contribution in [3.05, 3.63) is 28.8 Å². The minimum atomic E-state index is -0.634. The van der Waals surface area contributed by atoms with Crippen LogP contribution in [0.2, 0.25) is 5.15 Å². The van der Waals surface area contributed by atoms with Crippen molar-refractivity contribution < 1.29 is 9.18 Å². The molecular formula is C14H15ClFN3O. The van der Waals surface area contributed by atoms with Gasteiger partial charge in [-0.25, -0.2) is 9.37 Å². The maximum absolute atomic E-state index is 13.1. The summed E-state index contributed by atoms with van der Waals surface area (Å²) in [6.07, 6.45) is 6.10. The number of rotatable bonds is 3. The summed E-state index contributed by atoms with van der Waals surface area (Å²) in [7, 11) is 0. The molecule has 0 aliphatic heterocycles. The van der Waals surface area contributed by atoms with E-state index in [0.29, 0.717) is 0 Å². The Bertz CT molecular complexity index is 538. The van der Waals surface area contributed by atoms with Crippen LogP contribution in [0.1, 0.15) is 42.5 Å². The molecule has 0 aromatic carbocycles.